The number of hydrogen-bond donors (Lipinski definition) is 2. The minimum atomic E-state index is 0.440. The molecule has 0 unspecified atom stereocenters. The van der Waals surface area contributed by atoms with Crippen LogP contribution in [0.4, 0.5) is 11.8 Å². The maximum absolute atomic E-state index is 6.35. The summed E-state index contributed by atoms with van der Waals surface area (Å²) in [7, 11) is 1.66. The van der Waals surface area contributed by atoms with Crippen LogP contribution >= 0.6 is 0 Å². The first-order valence-corrected chi connectivity index (χ1v) is 10.7. The number of aromatic nitrogens is 4. The average Bonchev–Trinajstić information content (AvgIpc) is 2.95. The van der Waals surface area contributed by atoms with Crippen LogP contribution in [-0.4, -0.2) is 26.6 Å². The van der Waals surface area contributed by atoms with E-state index in [4.69, 9.17) is 20.4 Å². The number of rotatable bonds is 5. The second-order valence-corrected chi connectivity index (χ2v) is 7.83. The van der Waals surface area contributed by atoms with Crippen molar-refractivity contribution in [1.29, 1.82) is 0 Å². The Morgan fingerprint density at radius 1 is 0.968 bits per heavy atom. The Balaban J connectivity index is 1.65. The molecule has 7 heteroatoms. The first-order chi connectivity index (χ1) is 15.2. The largest absolute Gasteiger partial charge is 0.494 e. The van der Waals surface area contributed by atoms with Gasteiger partial charge in [-0.25, -0.2) is 9.97 Å². The van der Waals surface area contributed by atoms with E-state index in [1.165, 1.54) is 12.0 Å². The van der Waals surface area contributed by atoms with E-state index in [1.54, 1.807) is 7.11 Å². The third kappa shape index (κ3) is 3.67. The summed E-state index contributed by atoms with van der Waals surface area (Å²) in [5, 5.41) is 4.39. The highest BCUT2D eigenvalue weighted by molar-refractivity contribution is 5.93. The molecule has 31 heavy (non-hydrogen) atoms. The fraction of sp³-hybridized carbons (Fsp3) is 0.292. The van der Waals surface area contributed by atoms with Gasteiger partial charge in [0.15, 0.2) is 0 Å². The molecule has 1 aliphatic carbocycles. The van der Waals surface area contributed by atoms with Gasteiger partial charge in [0.1, 0.15) is 17.1 Å². The maximum atomic E-state index is 6.35. The van der Waals surface area contributed by atoms with Gasteiger partial charge in [0.25, 0.3) is 0 Å². The van der Waals surface area contributed by atoms with Gasteiger partial charge >= 0.3 is 0 Å². The van der Waals surface area contributed by atoms with Crippen molar-refractivity contribution in [2.75, 3.05) is 18.2 Å². The summed E-state index contributed by atoms with van der Waals surface area (Å²) in [6.07, 6.45) is 5.34. The monoisotopic (exact) mass is 414 g/mol. The molecule has 0 spiro atoms. The van der Waals surface area contributed by atoms with E-state index >= 15 is 0 Å². The molecule has 3 N–H and O–H groups in total. The highest BCUT2D eigenvalue weighted by Crippen LogP contribution is 2.31. The van der Waals surface area contributed by atoms with Crippen molar-refractivity contribution in [3.63, 3.8) is 0 Å². The number of nitrogens with zero attached hydrogens (tertiary/aromatic N) is 4. The molecule has 7 nitrogen and oxygen atoms in total. The smallest absolute Gasteiger partial charge is 0.239 e. The number of methoxy groups -OCH3 is 1. The molecule has 2 heterocycles. The van der Waals surface area contributed by atoms with Gasteiger partial charge in [-0.3, -0.25) is 4.57 Å². The van der Waals surface area contributed by atoms with E-state index in [-0.39, 0.29) is 0 Å². The first-order valence-electron chi connectivity index (χ1n) is 10.7. The lowest BCUT2D eigenvalue weighted by atomic mass is 10.2. The third-order valence-corrected chi connectivity index (χ3v) is 5.81. The predicted molar refractivity (Wildman–Crippen MR) is 123 cm³/mol. The van der Waals surface area contributed by atoms with Gasteiger partial charge in [-0.15, -0.1) is 0 Å². The number of anilines is 2. The molecule has 2 aromatic heterocycles. The molecule has 0 saturated carbocycles. The summed E-state index contributed by atoms with van der Waals surface area (Å²) >= 11 is 0. The summed E-state index contributed by atoms with van der Waals surface area (Å²) in [5.41, 5.74) is 10.5. The van der Waals surface area contributed by atoms with Crippen LogP contribution in [0.1, 0.15) is 36.2 Å². The fourth-order valence-corrected chi connectivity index (χ4v) is 4.26. The van der Waals surface area contributed by atoms with Crippen LogP contribution in [0.3, 0.4) is 0 Å². The lowest BCUT2D eigenvalue weighted by molar-refractivity contribution is 0.419. The van der Waals surface area contributed by atoms with Crippen molar-refractivity contribution in [2.45, 2.75) is 38.6 Å². The summed E-state index contributed by atoms with van der Waals surface area (Å²) < 4.78 is 7.52. The average molecular weight is 415 g/mol. The van der Waals surface area contributed by atoms with Crippen LogP contribution in [-0.2, 0) is 19.4 Å². The summed E-state index contributed by atoms with van der Waals surface area (Å²) in [6.45, 7) is 0.654. The molecule has 0 aliphatic heterocycles. The quantitative estimate of drug-likeness (QED) is 0.474. The van der Waals surface area contributed by atoms with E-state index in [9.17, 15) is 0 Å². The molecule has 5 rings (SSSR count). The number of imidazole rings is 1. The highest BCUT2D eigenvalue weighted by atomic mass is 16.5. The molecular weight excluding hydrogens is 388 g/mol. The van der Waals surface area contributed by atoms with Gasteiger partial charge in [-0.05, 0) is 43.4 Å². The van der Waals surface area contributed by atoms with Gasteiger partial charge in [-0.2, -0.15) is 4.98 Å². The lowest BCUT2D eigenvalue weighted by Crippen LogP contribution is -2.12. The summed E-state index contributed by atoms with van der Waals surface area (Å²) in [5.74, 6) is 2.42. The molecule has 0 radical (unpaired) electrons. The first kappa shape index (κ1) is 19.4. The number of nitrogens with one attached hydrogen (secondary N) is 1. The molecule has 0 fully saturated rings. The minimum Gasteiger partial charge on any atom is -0.494 e. The second kappa shape index (κ2) is 8.26. The Kier molecular flexibility index (Phi) is 5.16. The SMILES string of the molecule is COc1cccc2c(NCc3ccccc3)nc(-n3c(N)nc4c3CCCCC4)nc12. The van der Waals surface area contributed by atoms with Crippen molar-refractivity contribution >= 4 is 22.7 Å². The van der Waals surface area contributed by atoms with Crippen LogP contribution in [0.15, 0.2) is 48.5 Å². The second-order valence-electron chi connectivity index (χ2n) is 7.83. The zero-order chi connectivity index (χ0) is 21.2. The maximum Gasteiger partial charge on any atom is 0.239 e. The number of benzene rings is 2. The van der Waals surface area contributed by atoms with Crippen LogP contribution in [0.25, 0.3) is 16.9 Å². The Hall–Kier alpha value is -3.61. The highest BCUT2D eigenvalue weighted by Gasteiger charge is 2.22. The van der Waals surface area contributed by atoms with Crippen molar-refractivity contribution in [1.82, 2.24) is 19.5 Å². The van der Waals surface area contributed by atoms with Crippen LogP contribution < -0.4 is 15.8 Å². The fourth-order valence-electron chi connectivity index (χ4n) is 4.26. The molecular formula is C24H26N6O. The third-order valence-electron chi connectivity index (χ3n) is 5.81. The Bertz CT molecular complexity index is 1220. The topological polar surface area (TPSA) is 90.9 Å². The van der Waals surface area contributed by atoms with E-state index in [0.717, 1.165) is 53.8 Å². The number of hydrogen-bond acceptors (Lipinski definition) is 6. The minimum absolute atomic E-state index is 0.440. The van der Waals surface area contributed by atoms with Gasteiger partial charge in [-0.1, -0.05) is 42.8 Å². The van der Waals surface area contributed by atoms with Crippen molar-refractivity contribution in [3.05, 3.63) is 65.5 Å². The van der Waals surface area contributed by atoms with E-state index in [2.05, 4.69) is 22.4 Å². The molecule has 0 amide bonds. The number of nitrogen functional groups attached to an aromatic ring is 1. The molecule has 0 bridgehead atoms. The number of nitrogens with two attached hydrogens (primary N) is 1. The number of aryl methyl sites for hydroxylation is 1. The molecule has 0 atom stereocenters. The Morgan fingerprint density at radius 3 is 2.65 bits per heavy atom. The van der Waals surface area contributed by atoms with E-state index in [1.807, 2.05) is 41.0 Å². The molecule has 2 aromatic carbocycles. The van der Waals surface area contributed by atoms with E-state index in [0.29, 0.717) is 24.2 Å². The molecule has 0 saturated heterocycles. The zero-order valence-corrected chi connectivity index (χ0v) is 17.6. The Morgan fingerprint density at radius 2 is 1.81 bits per heavy atom. The lowest BCUT2D eigenvalue weighted by Gasteiger charge is -2.15. The van der Waals surface area contributed by atoms with Crippen LogP contribution in [0.5, 0.6) is 5.75 Å². The summed E-state index contributed by atoms with van der Waals surface area (Å²) in [6, 6.07) is 16.1. The molecule has 1 aliphatic rings. The number of ether oxygens (including phenoxy) is 1. The van der Waals surface area contributed by atoms with Gasteiger partial charge < -0.3 is 15.8 Å². The molecule has 4 aromatic rings. The predicted octanol–water partition coefficient (Wildman–Crippen LogP) is 4.29. The van der Waals surface area contributed by atoms with Crippen molar-refractivity contribution in [3.8, 4) is 11.7 Å². The van der Waals surface area contributed by atoms with Gasteiger partial charge in [0, 0.05) is 11.9 Å². The Labute approximate surface area is 181 Å². The van der Waals surface area contributed by atoms with Gasteiger partial charge in [0.2, 0.25) is 11.9 Å². The van der Waals surface area contributed by atoms with Crippen LogP contribution in [0.2, 0.25) is 0 Å². The normalized spacial score (nSPS) is 13.6. The standard InChI is InChI=1S/C24H26N6O/c1-31-20-14-8-11-17-21(20)28-24(29-22(17)26-15-16-9-4-2-5-10-16)30-19-13-7-3-6-12-18(19)27-23(30)25/h2,4-5,8-11,14H,3,6-7,12-13,15H2,1H3,(H2,25,27)(H,26,28,29). The number of para-hydroxylation sites is 1. The molecule has 158 valence electrons. The van der Waals surface area contributed by atoms with Crippen molar-refractivity contribution < 1.29 is 4.74 Å². The zero-order valence-electron chi connectivity index (χ0n) is 17.6. The number of fused-ring (bicyclic) bond motifs is 2. The van der Waals surface area contributed by atoms with Gasteiger partial charge in [0.05, 0.1) is 18.5 Å². The van der Waals surface area contributed by atoms with E-state index < -0.39 is 0 Å². The van der Waals surface area contributed by atoms with Crippen LogP contribution in [0, 0.1) is 0 Å². The van der Waals surface area contributed by atoms with Crippen molar-refractivity contribution in [2.24, 2.45) is 0 Å². The summed E-state index contributed by atoms with van der Waals surface area (Å²) in [4.78, 5) is 14.4.